The Morgan fingerprint density at radius 1 is 1.43 bits per heavy atom. The van der Waals surface area contributed by atoms with Gasteiger partial charge in [-0.2, -0.15) is 0 Å². The number of hydrogen-bond donors (Lipinski definition) is 1. The van der Waals surface area contributed by atoms with Crippen LogP contribution in [0.5, 0.6) is 0 Å². The van der Waals surface area contributed by atoms with Gasteiger partial charge in [-0.05, 0) is 0 Å². The first-order valence-electron chi connectivity index (χ1n) is 5.21. The summed E-state index contributed by atoms with van der Waals surface area (Å²) in [6.07, 6.45) is 2.52. The van der Waals surface area contributed by atoms with E-state index in [-0.39, 0.29) is 9.24 Å². The van der Waals surface area contributed by atoms with Gasteiger partial charge in [-0.3, -0.25) is 0 Å². The molecule has 2 nitrogen and oxygen atoms in total. The van der Waals surface area contributed by atoms with Crippen LogP contribution in [-0.4, -0.2) is 34.2 Å². The van der Waals surface area contributed by atoms with Gasteiger partial charge in [0, 0.05) is 0 Å². The molecule has 0 aliphatic rings. The molecular formula is C10H22O2SSn. The van der Waals surface area contributed by atoms with Crippen LogP contribution < -0.4 is 0 Å². The monoisotopic (exact) mass is 326 g/mol. The van der Waals surface area contributed by atoms with E-state index in [0.717, 1.165) is 12.8 Å². The molecule has 0 amide bonds. The summed E-state index contributed by atoms with van der Waals surface area (Å²) in [6.45, 7) is 2.65. The normalized spacial score (nSPS) is 13.8. The minimum atomic E-state index is -2.00. The van der Waals surface area contributed by atoms with Crippen molar-refractivity contribution in [3.05, 3.63) is 0 Å². The van der Waals surface area contributed by atoms with Gasteiger partial charge in [-0.1, -0.05) is 0 Å². The molecule has 4 heteroatoms. The summed E-state index contributed by atoms with van der Waals surface area (Å²) in [7, 11) is 0. The van der Waals surface area contributed by atoms with Crippen LogP contribution in [0.25, 0.3) is 0 Å². The van der Waals surface area contributed by atoms with Gasteiger partial charge in [0.05, 0.1) is 0 Å². The van der Waals surface area contributed by atoms with Crippen molar-refractivity contribution in [2.45, 2.75) is 44.3 Å². The molecule has 84 valence electrons. The van der Waals surface area contributed by atoms with Crippen LogP contribution in [0, 0.1) is 0 Å². The van der Waals surface area contributed by atoms with Crippen molar-refractivity contribution < 1.29 is 9.53 Å². The molecule has 0 bridgehead atoms. The van der Waals surface area contributed by atoms with Gasteiger partial charge in [0.1, 0.15) is 0 Å². The van der Waals surface area contributed by atoms with Crippen LogP contribution in [0.2, 0.25) is 14.8 Å². The molecule has 0 aliphatic carbocycles. The quantitative estimate of drug-likeness (QED) is 0.352. The van der Waals surface area contributed by atoms with Crippen molar-refractivity contribution in [1.29, 1.82) is 0 Å². The molecule has 0 aromatic rings. The molecule has 1 atom stereocenters. The fraction of sp³-hybridized carbons (Fsp3) is 0.900. The van der Waals surface area contributed by atoms with Crippen LogP contribution in [0.4, 0.5) is 0 Å². The Balaban J connectivity index is 3.72. The van der Waals surface area contributed by atoms with Crippen molar-refractivity contribution in [3.8, 4) is 0 Å². The minimum absolute atomic E-state index is 0.0786. The zero-order valence-corrected chi connectivity index (χ0v) is 13.4. The molecule has 0 aromatic carbocycles. The van der Waals surface area contributed by atoms with Gasteiger partial charge in [0.15, 0.2) is 0 Å². The maximum atomic E-state index is 11.3. The van der Waals surface area contributed by atoms with Crippen molar-refractivity contribution in [2.75, 3.05) is 6.61 Å². The Bertz CT molecular complexity index is 177. The van der Waals surface area contributed by atoms with Gasteiger partial charge in [0.2, 0.25) is 0 Å². The summed E-state index contributed by atoms with van der Waals surface area (Å²) in [5.41, 5.74) is 0. The summed E-state index contributed by atoms with van der Waals surface area (Å²) in [4.78, 5) is 18.2. The Kier molecular flexibility index (Phi) is 7.29. The second kappa shape index (κ2) is 6.99. The first-order valence-corrected chi connectivity index (χ1v) is 15.9. The summed E-state index contributed by atoms with van der Waals surface area (Å²) in [5.74, 6) is -0.0786. The average molecular weight is 325 g/mol. The van der Waals surface area contributed by atoms with E-state index >= 15 is 0 Å². The summed E-state index contributed by atoms with van der Waals surface area (Å²) in [6, 6.07) is 0. The molecule has 0 aliphatic heterocycles. The van der Waals surface area contributed by atoms with E-state index in [1.54, 1.807) is 0 Å². The molecule has 0 rings (SSSR count). The second-order valence-corrected chi connectivity index (χ2v) is 22.2. The number of rotatable bonds is 6. The molecule has 0 radical (unpaired) electrons. The van der Waals surface area contributed by atoms with Crippen molar-refractivity contribution >= 4 is 37.0 Å². The van der Waals surface area contributed by atoms with Gasteiger partial charge < -0.3 is 0 Å². The molecule has 0 heterocycles. The Labute approximate surface area is 97.1 Å². The number of unbranched alkanes of at least 4 members (excludes halogenated alkanes) is 1. The number of ether oxygens (including phenoxy) is 1. The summed E-state index contributed by atoms with van der Waals surface area (Å²) in [5, 5.41) is 0. The fourth-order valence-corrected chi connectivity index (χ4v) is 3.23. The standard InChI is InChI=1S/C7H13O2S.3CH3.Sn/c1-2-3-5-9-7(8)4-6-10;;;;/h6,10H,2-5H2,1H3;3*1H3;. The number of thiol groups is 1. The van der Waals surface area contributed by atoms with Crippen LogP contribution in [-0.2, 0) is 9.53 Å². The summed E-state index contributed by atoms with van der Waals surface area (Å²) >= 11 is 2.49. The predicted molar refractivity (Wildman–Crippen MR) is 66.6 cm³/mol. The summed E-state index contributed by atoms with van der Waals surface area (Å²) < 4.78 is 5.37. The molecule has 0 aromatic heterocycles. The Hall–Kier alpha value is 0.619. The van der Waals surface area contributed by atoms with Gasteiger partial charge in [0.25, 0.3) is 0 Å². The molecule has 0 fully saturated rings. The van der Waals surface area contributed by atoms with Crippen LogP contribution in [0.3, 0.4) is 0 Å². The molecule has 0 saturated carbocycles. The topological polar surface area (TPSA) is 26.3 Å². The van der Waals surface area contributed by atoms with Crippen molar-refractivity contribution in [3.63, 3.8) is 0 Å². The third-order valence-corrected chi connectivity index (χ3v) is 13.8. The van der Waals surface area contributed by atoms with Crippen molar-refractivity contribution in [2.24, 2.45) is 0 Å². The fourth-order valence-electron chi connectivity index (χ4n) is 0.853. The van der Waals surface area contributed by atoms with Gasteiger partial charge in [-0.15, -0.1) is 0 Å². The third kappa shape index (κ3) is 6.98. The van der Waals surface area contributed by atoms with E-state index in [1.165, 1.54) is 0 Å². The number of hydrogen-bond acceptors (Lipinski definition) is 3. The molecule has 1 unspecified atom stereocenters. The number of esters is 1. The molecule has 0 saturated heterocycles. The van der Waals surface area contributed by atoms with E-state index in [9.17, 15) is 4.79 Å². The SMILES string of the molecule is CCCCOC(=O)C[CH](S)[Sn]([CH3])([CH3])[CH3]. The molecule has 0 N–H and O–H groups in total. The van der Waals surface area contributed by atoms with Crippen LogP contribution in [0.1, 0.15) is 26.2 Å². The number of carbonyl (C=O) groups is 1. The van der Waals surface area contributed by atoms with Crippen LogP contribution >= 0.6 is 12.6 Å². The predicted octanol–water partition coefficient (Wildman–Crippen LogP) is 2.90. The zero-order chi connectivity index (χ0) is 11.2. The van der Waals surface area contributed by atoms with Crippen LogP contribution in [0.15, 0.2) is 0 Å². The second-order valence-electron chi connectivity index (χ2n) is 4.66. The van der Waals surface area contributed by atoms with E-state index in [0.29, 0.717) is 13.0 Å². The Morgan fingerprint density at radius 2 is 2.00 bits per heavy atom. The first kappa shape index (κ1) is 14.6. The van der Waals surface area contributed by atoms with Crippen molar-refractivity contribution in [1.82, 2.24) is 0 Å². The van der Waals surface area contributed by atoms with Gasteiger partial charge >= 0.3 is 97.4 Å². The van der Waals surface area contributed by atoms with E-state index in [4.69, 9.17) is 4.74 Å². The average Bonchev–Trinajstić information content (AvgIpc) is 2.03. The van der Waals surface area contributed by atoms with E-state index in [2.05, 4.69) is 34.4 Å². The third-order valence-electron chi connectivity index (χ3n) is 2.12. The zero-order valence-electron chi connectivity index (χ0n) is 9.67. The van der Waals surface area contributed by atoms with Gasteiger partial charge in [-0.25, -0.2) is 0 Å². The molecule has 14 heavy (non-hydrogen) atoms. The maximum absolute atomic E-state index is 11.3. The first-order chi connectivity index (χ1) is 6.38. The van der Waals surface area contributed by atoms with E-state index in [1.807, 2.05) is 0 Å². The Morgan fingerprint density at radius 3 is 2.43 bits per heavy atom. The molecular weight excluding hydrogens is 303 g/mol. The van der Waals surface area contributed by atoms with E-state index < -0.39 is 18.4 Å². The number of carbonyl (C=O) groups excluding carboxylic acids is 1. The molecule has 0 spiro atoms.